The highest BCUT2D eigenvalue weighted by Crippen LogP contribution is 2.21. The summed E-state index contributed by atoms with van der Waals surface area (Å²) in [6.07, 6.45) is 0.628. The number of ether oxygens (including phenoxy) is 1. The van der Waals surface area contributed by atoms with Crippen LogP contribution in [0.3, 0.4) is 0 Å². The van der Waals surface area contributed by atoms with Crippen LogP contribution in [-0.2, 0) is 11.2 Å². The molecule has 22 heavy (non-hydrogen) atoms. The minimum atomic E-state index is -0.194. The molecule has 1 N–H and O–H groups in total. The van der Waals surface area contributed by atoms with Gasteiger partial charge in [-0.15, -0.1) is 0 Å². The standard InChI is InChI=1S/C16H14Cl3NO2/c17-12-3-5-14(6-4-12)22-10-16(21)20-8-7-11-1-2-13(18)9-15(11)19/h1-6,9H,7-8,10H2,(H,20,21). The lowest BCUT2D eigenvalue weighted by molar-refractivity contribution is -0.123. The molecule has 0 saturated heterocycles. The van der Waals surface area contributed by atoms with Gasteiger partial charge in [0.05, 0.1) is 0 Å². The Morgan fingerprint density at radius 3 is 2.36 bits per heavy atom. The Bertz CT molecular complexity index is 644. The van der Waals surface area contributed by atoms with Crippen LogP contribution >= 0.6 is 34.8 Å². The van der Waals surface area contributed by atoms with E-state index < -0.39 is 0 Å². The first-order valence-electron chi connectivity index (χ1n) is 6.63. The third kappa shape index (κ3) is 5.41. The maximum atomic E-state index is 11.7. The number of carbonyl (C=O) groups excluding carboxylic acids is 1. The van der Waals surface area contributed by atoms with Gasteiger partial charge in [-0.2, -0.15) is 0 Å². The van der Waals surface area contributed by atoms with Crippen LogP contribution in [0.2, 0.25) is 15.1 Å². The average Bonchev–Trinajstić information content (AvgIpc) is 2.49. The maximum absolute atomic E-state index is 11.7. The van der Waals surface area contributed by atoms with Gasteiger partial charge in [0.25, 0.3) is 5.91 Å². The van der Waals surface area contributed by atoms with Crippen LogP contribution in [0.15, 0.2) is 42.5 Å². The lowest BCUT2D eigenvalue weighted by atomic mass is 10.1. The molecular formula is C16H14Cl3NO2. The summed E-state index contributed by atoms with van der Waals surface area (Å²) >= 11 is 17.7. The van der Waals surface area contributed by atoms with Crippen molar-refractivity contribution < 1.29 is 9.53 Å². The molecule has 1 amide bonds. The molecular weight excluding hydrogens is 345 g/mol. The van der Waals surface area contributed by atoms with Crippen molar-refractivity contribution in [1.29, 1.82) is 0 Å². The molecule has 0 spiro atoms. The number of rotatable bonds is 6. The Morgan fingerprint density at radius 1 is 1.00 bits per heavy atom. The highest BCUT2D eigenvalue weighted by molar-refractivity contribution is 6.35. The molecule has 2 aromatic carbocycles. The van der Waals surface area contributed by atoms with Gasteiger partial charge >= 0.3 is 0 Å². The molecule has 0 aliphatic rings. The second-order valence-corrected chi connectivity index (χ2v) is 5.86. The summed E-state index contributed by atoms with van der Waals surface area (Å²) in [5, 5.41) is 4.58. The molecule has 0 aromatic heterocycles. The van der Waals surface area contributed by atoms with Gasteiger partial charge in [-0.3, -0.25) is 4.79 Å². The third-order valence-corrected chi connectivity index (χ3v) is 3.75. The minimum Gasteiger partial charge on any atom is -0.484 e. The molecule has 6 heteroatoms. The Morgan fingerprint density at radius 2 is 1.68 bits per heavy atom. The van der Waals surface area contributed by atoms with E-state index in [4.69, 9.17) is 39.5 Å². The molecule has 116 valence electrons. The van der Waals surface area contributed by atoms with Crippen LogP contribution in [0.5, 0.6) is 5.75 Å². The normalized spacial score (nSPS) is 10.3. The molecule has 2 aromatic rings. The van der Waals surface area contributed by atoms with E-state index in [1.54, 1.807) is 36.4 Å². The number of hydrogen-bond donors (Lipinski definition) is 1. The second kappa shape index (κ2) is 8.28. The number of halogens is 3. The van der Waals surface area contributed by atoms with Crippen LogP contribution in [-0.4, -0.2) is 19.1 Å². The first-order valence-corrected chi connectivity index (χ1v) is 7.77. The second-order valence-electron chi connectivity index (χ2n) is 4.58. The molecule has 0 heterocycles. The van der Waals surface area contributed by atoms with Crippen molar-refractivity contribution in [2.24, 2.45) is 0 Å². The van der Waals surface area contributed by atoms with Gasteiger partial charge in [0, 0.05) is 21.6 Å². The molecule has 0 aliphatic heterocycles. The van der Waals surface area contributed by atoms with E-state index in [9.17, 15) is 4.79 Å². The Kier molecular flexibility index (Phi) is 6.37. The summed E-state index contributed by atoms with van der Waals surface area (Å²) in [4.78, 5) is 11.7. The van der Waals surface area contributed by atoms with E-state index in [1.165, 1.54) is 0 Å². The fraction of sp³-hybridized carbons (Fsp3) is 0.188. The van der Waals surface area contributed by atoms with Crippen molar-refractivity contribution in [3.63, 3.8) is 0 Å². The molecule has 0 saturated carbocycles. The monoisotopic (exact) mass is 357 g/mol. The molecule has 0 fully saturated rings. The van der Waals surface area contributed by atoms with Crippen molar-refractivity contribution >= 4 is 40.7 Å². The predicted molar refractivity (Wildman–Crippen MR) is 90.1 cm³/mol. The molecule has 0 aliphatic carbocycles. The zero-order valence-electron chi connectivity index (χ0n) is 11.6. The van der Waals surface area contributed by atoms with E-state index in [-0.39, 0.29) is 12.5 Å². The quantitative estimate of drug-likeness (QED) is 0.832. The van der Waals surface area contributed by atoms with Crippen LogP contribution < -0.4 is 10.1 Å². The molecule has 2 rings (SSSR count). The van der Waals surface area contributed by atoms with Crippen LogP contribution in [0, 0.1) is 0 Å². The number of carbonyl (C=O) groups is 1. The van der Waals surface area contributed by atoms with Crippen LogP contribution in [0.1, 0.15) is 5.56 Å². The summed E-state index contributed by atoms with van der Waals surface area (Å²) in [6.45, 7) is 0.431. The zero-order valence-corrected chi connectivity index (χ0v) is 13.9. The molecule has 0 radical (unpaired) electrons. The smallest absolute Gasteiger partial charge is 0.257 e. The lowest BCUT2D eigenvalue weighted by Gasteiger charge is -2.08. The van der Waals surface area contributed by atoms with Gasteiger partial charge in [0.2, 0.25) is 0 Å². The summed E-state index contributed by atoms with van der Waals surface area (Å²) < 4.78 is 5.35. The highest BCUT2D eigenvalue weighted by atomic mass is 35.5. The van der Waals surface area contributed by atoms with Gasteiger partial charge in [0.1, 0.15) is 5.75 Å². The van der Waals surface area contributed by atoms with Gasteiger partial charge in [-0.05, 0) is 48.4 Å². The first kappa shape index (κ1) is 16.9. The van der Waals surface area contributed by atoms with E-state index in [0.717, 1.165) is 5.56 Å². The van der Waals surface area contributed by atoms with Crippen LogP contribution in [0.25, 0.3) is 0 Å². The van der Waals surface area contributed by atoms with E-state index in [1.807, 2.05) is 6.07 Å². The van der Waals surface area contributed by atoms with Crippen molar-refractivity contribution in [2.45, 2.75) is 6.42 Å². The maximum Gasteiger partial charge on any atom is 0.257 e. The van der Waals surface area contributed by atoms with Gasteiger partial charge < -0.3 is 10.1 Å². The Labute approximate surface area is 144 Å². The van der Waals surface area contributed by atoms with Gasteiger partial charge in [0.15, 0.2) is 6.61 Å². The van der Waals surface area contributed by atoms with E-state index in [2.05, 4.69) is 5.32 Å². The van der Waals surface area contributed by atoms with Crippen molar-refractivity contribution in [3.8, 4) is 5.75 Å². The largest absolute Gasteiger partial charge is 0.484 e. The molecule has 0 atom stereocenters. The summed E-state index contributed by atoms with van der Waals surface area (Å²) in [7, 11) is 0. The van der Waals surface area contributed by atoms with E-state index in [0.29, 0.717) is 33.8 Å². The fourth-order valence-electron chi connectivity index (χ4n) is 1.79. The van der Waals surface area contributed by atoms with Crippen molar-refractivity contribution in [1.82, 2.24) is 5.32 Å². The van der Waals surface area contributed by atoms with Crippen molar-refractivity contribution in [3.05, 3.63) is 63.1 Å². The number of hydrogen-bond acceptors (Lipinski definition) is 2. The number of nitrogens with one attached hydrogen (secondary N) is 1. The summed E-state index contributed by atoms with van der Waals surface area (Å²) in [5.41, 5.74) is 0.935. The summed E-state index contributed by atoms with van der Waals surface area (Å²) in [5.74, 6) is 0.403. The third-order valence-electron chi connectivity index (χ3n) is 2.92. The van der Waals surface area contributed by atoms with Gasteiger partial charge in [-0.1, -0.05) is 40.9 Å². The SMILES string of the molecule is O=C(COc1ccc(Cl)cc1)NCCc1ccc(Cl)cc1Cl. The van der Waals surface area contributed by atoms with Crippen LogP contribution in [0.4, 0.5) is 0 Å². The molecule has 3 nitrogen and oxygen atoms in total. The fourth-order valence-corrected chi connectivity index (χ4v) is 2.42. The first-order chi connectivity index (χ1) is 10.5. The molecule has 0 bridgehead atoms. The Balaban J connectivity index is 1.72. The highest BCUT2D eigenvalue weighted by Gasteiger charge is 2.05. The van der Waals surface area contributed by atoms with Gasteiger partial charge in [-0.25, -0.2) is 0 Å². The number of amides is 1. The number of benzene rings is 2. The zero-order chi connectivity index (χ0) is 15.9. The average molecular weight is 359 g/mol. The predicted octanol–water partition coefficient (Wildman–Crippen LogP) is 4.38. The van der Waals surface area contributed by atoms with E-state index >= 15 is 0 Å². The van der Waals surface area contributed by atoms with Crippen molar-refractivity contribution in [2.75, 3.05) is 13.2 Å². The topological polar surface area (TPSA) is 38.3 Å². The minimum absolute atomic E-state index is 0.0457. The lowest BCUT2D eigenvalue weighted by Crippen LogP contribution is -2.30. The Hall–Kier alpha value is -1.42. The summed E-state index contributed by atoms with van der Waals surface area (Å²) in [6, 6.07) is 12.1. The molecule has 0 unspecified atom stereocenters.